The molecule has 3 rings (SSSR count). The second kappa shape index (κ2) is 6.06. The van der Waals surface area contributed by atoms with Crippen molar-refractivity contribution in [3.05, 3.63) is 52.8 Å². The fourth-order valence-corrected chi connectivity index (χ4v) is 4.19. The normalized spacial score (nSPS) is 16.5. The monoisotopic (exact) mass is 318 g/mol. The van der Waals surface area contributed by atoms with Crippen LogP contribution in [0.3, 0.4) is 0 Å². The van der Waals surface area contributed by atoms with Gasteiger partial charge in [-0.2, -0.15) is 4.31 Å². The summed E-state index contributed by atoms with van der Waals surface area (Å²) < 4.78 is 26.7. The molecule has 0 radical (unpaired) electrons. The van der Waals surface area contributed by atoms with Gasteiger partial charge in [-0.05, 0) is 30.5 Å². The van der Waals surface area contributed by atoms with Crippen molar-refractivity contribution >= 4 is 10.0 Å². The molecule has 1 N–H and O–H groups in total. The van der Waals surface area contributed by atoms with Crippen molar-refractivity contribution in [1.82, 2.24) is 9.29 Å². The first kappa shape index (κ1) is 15.0. The van der Waals surface area contributed by atoms with E-state index in [-0.39, 0.29) is 5.43 Å². The molecule has 1 aromatic carbocycles. The number of nitrogens with one attached hydrogen (secondary N) is 1. The maximum absolute atomic E-state index is 12.6. The predicted molar refractivity (Wildman–Crippen MR) is 85.1 cm³/mol. The SMILES string of the molecule is O=c1cc[nH]c(-c2ccc(S(=O)(=O)N3CCCCC3)cc2)c1. The summed E-state index contributed by atoms with van der Waals surface area (Å²) in [4.78, 5) is 14.7. The molecule has 0 atom stereocenters. The van der Waals surface area contributed by atoms with E-state index in [0.717, 1.165) is 24.8 Å². The zero-order chi connectivity index (χ0) is 15.6. The Balaban J connectivity index is 1.89. The van der Waals surface area contributed by atoms with Crippen molar-refractivity contribution < 1.29 is 8.42 Å². The van der Waals surface area contributed by atoms with Crippen LogP contribution >= 0.6 is 0 Å². The average Bonchev–Trinajstić information content (AvgIpc) is 2.56. The number of hydrogen-bond acceptors (Lipinski definition) is 3. The summed E-state index contributed by atoms with van der Waals surface area (Å²) in [6.45, 7) is 1.19. The van der Waals surface area contributed by atoms with Crippen molar-refractivity contribution in [2.75, 3.05) is 13.1 Å². The third kappa shape index (κ3) is 2.98. The van der Waals surface area contributed by atoms with Crippen LogP contribution < -0.4 is 5.43 Å². The van der Waals surface area contributed by atoms with Crippen LogP contribution in [0.25, 0.3) is 11.3 Å². The van der Waals surface area contributed by atoms with Crippen molar-refractivity contribution in [3.63, 3.8) is 0 Å². The van der Waals surface area contributed by atoms with Crippen molar-refractivity contribution in [3.8, 4) is 11.3 Å². The Hall–Kier alpha value is -1.92. The molecule has 6 heteroatoms. The molecule has 1 saturated heterocycles. The maximum atomic E-state index is 12.6. The number of pyridine rings is 1. The number of sulfonamides is 1. The van der Waals surface area contributed by atoms with Crippen LogP contribution in [0.4, 0.5) is 0 Å². The van der Waals surface area contributed by atoms with Gasteiger partial charge in [0.1, 0.15) is 0 Å². The highest BCUT2D eigenvalue weighted by Gasteiger charge is 2.25. The topological polar surface area (TPSA) is 70.2 Å². The standard InChI is InChI=1S/C16H18N2O3S/c19-14-8-9-17-16(12-14)13-4-6-15(7-5-13)22(20,21)18-10-2-1-3-11-18/h4-9,12H,1-3,10-11H2,(H,17,19). The van der Waals surface area contributed by atoms with Crippen LogP contribution in [0.2, 0.25) is 0 Å². The molecule has 2 heterocycles. The van der Waals surface area contributed by atoms with Gasteiger partial charge in [-0.3, -0.25) is 4.79 Å². The van der Waals surface area contributed by atoms with Crippen molar-refractivity contribution in [1.29, 1.82) is 0 Å². The Morgan fingerprint density at radius 3 is 2.27 bits per heavy atom. The quantitative estimate of drug-likeness (QED) is 0.943. The van der Waals surface area contributed by atoms with Crippen molar-refractivity contribution in [2.24, 2.45) is 0 Å². The molecular weight excluding hydrogens is 300 g/mol. The smallest absolute Gasteiger partial charge is 0.243 e. The first-order valence-electron chi connectivity index (χ1n) is 7.37. The summed E-state index contributed by atoms with van der Waals surface area (Å²) in [5.41, 5.74) is 1.38. The molecule has 0 spiro atoms. The molecule has 1 aliphatic heterocycles. The van der Waals surface area contributed by atoms with E-state index in [4.69, 9.17) is 0 Å². The lowest BCUT2D eigenvalue weighted by atomic mass is 10.1. The first-order valence-corrected chi connectivity index (χ1v) is 8.81. The number of benzene rings is 1. The lowest BCUT2D eigenvalue weighted by Crippen LogP contribution is -2.35. The van der Waals surface area contributed by atoms with Crippen LogP contribution in [0.1, 0.15) is 19.3 Å². The highest BCUT2D eigenvalue weighted by molar-refractivity contribution is 7.89. The Bertz CT molecular complexity index is 804. The number of H-pyrrole nitrogens is 1. The first-order chi connectivity index (χ1) is 10.6. The number of nitrogens with zero attached hydrogens (tertiary/aromatic N) is 1. The van der Waals surface area contributed by atoms with Crippen LogP contribution in [0, 0.1) is 0 Å². The summed E-state index contributed by atoms with van der Waals surface area (Å²) in [5.74, 6) is 0. The van der Waals surface area contributed by atoms with E-state index in [1.807, 2.05) is 0 Å². The van der Waals surface area contributed by atoms with E-state index in [9.17, 15) is 13.2 Å². The Morgan fingerprint density at radius 1 is 0.955 bits per heavy atom. The minimum absolute atomic E-state index is 0.0845. The van der Waals surface area contributed by atoms with Crippen LogP contribution in [0.5, 0.6) is 0 Å². The van der Waals surface area contributed by atoms with Gasteiger partial charge in [-0.1, -0.05) is 18.6 Å². The molecule has 1 fully saturated rings. The van der Waals surface area contributed by atoms with E-state index in [1.54, 1.807) is 34.8 Å². The molecule has 2 aromatic rings. The molecule has 0 amide bonds. The van der Waals surface area contributed by atoms with Gasteiger partial charge in [0.15, 0.2) is 5.43 Å². The molecule has 116 valence electrons. The molecule has 0 saturated carbocycles. The van der Waals surface area contributed by atoms with Gasteiger partial charge >= 0.3 is 0 Å². The number of aromatic nitrogens is 1. The molecular formula is C16H18N2O3S. The molecule has 5 nitrogen and oxygen atoms in total. The summed E-state index contributed by atoms with van der Waals surface area (Å²) >= 11 is 0. The van der Waals surface area contributed by atoms with Gasteiger partial charge in [0, 0.05) is 37.1 Å². The van der Waals surface area contributed by atoms with E-state index in [2.05, 4.69) is 4.98 Å². The summed E-state index contributed by atoms with van der Waals surface area (Å²) in [6.07, 6.45) is 4.51. The third-order valence-corrected chi connectivity index (χ3v) is 5.80. The number of aromatic amines is 1. The molecule has 0 bridgehead atoms. The molecule has 0 aliphatic carbocycles. The predicted octanol–water partition coefficient (Wildman–Crippen LogP) is 2.22. The molecule has 0 unspecified atom stereocenters. The lowest BCUT2D eigenvalue weighted by Gasteiger charge is -2.25. The highest BCUT2D eigenvalue weighted by Crippen LogP contribution is 2.23. The van der Waals surface area contributed by atoms with Gasteiger partial charge < -0.3 is 4.98 Å². The molecule has 22 heavy (non-hydrogen) atoms. The zero-order valence-electron chi connectivity index (χ0n) is 12.2. The second-order valence-electron chi connectivity index (χ2n) is 5.43. The Labute approximate surface area is 129 Å². The number of piperidine rings is 1. The largest absolute Gasteiger partial charge is 0.361 e. The average molecular weight is 318 g/mol. The molecule has 1 aliphatic rings. The van der Waals surface area contributed by atoms with Gasteiger partial charge in [0.2, 0.25) is 10.0 Å². The number of hydrogen-bond donors (Lipinski definition) is 1. The lowest BCUT2D eigenvalue weighted by molar-refractivity contribution is 0.346. The highest BCUT2D eigenvalue weighted by atomic mass is 32.2. The Kier molecular flexibility index (Phi) is 4.13. The van der Waals surface area contributed by atoms with Gasteiger partial charge in [-0.15, -0.1) is 0 Å². The van der Waals surface area contributed by atoms with Gasteiger partial charge in [0.25, 0.3) is 0 Å². The third-order valence-electron chi connectivity index (χ3n) is 3.89. The van der Waals surface area contributed by atoms with Crippen molar-refractivity contribution in [2.45, 2.75) is 24.2 Å². The minimum Gasteiger partial charge on any atom is -0.361 e. The van der Waals surface area contributed by atoms with Crippen LogP contribution in [-0.4, -0.2) is 30.8 Å². The fraction of sp³-hybridized carbons (Fsp3) is 0.312. The zero-order valence-corrected chi connectivity index (χ0v) is 13.0. The maximum Gasteiger partial charge on any atom is 0.243 e. The van der Waals surface area contributed by atoms with E-state index >= 15 is 0 Å². The molecule has 1 aromatic heterocycles. The van der Waals surface area contributed by atoms with Gasteiger partial charge in [-0.25, -0.2) is 8.42 Å². The Morgan fingerprint density at radius 2 is 1.64 bits per heavy atom. The summed E-state index contributed by atoms with van der Waals surface area (Å²) in [6, 6.07) is 9.59. The fourth-order valence-electron chi connectivity index (χ4n) is 2.67. The summed E-state index contributed by atoms with van der Waals surface area (Å²) in [7, 11) is -3.41. The van der Waals surface area contributed by atoms with Crippen LogP contribution in [-0.2, 0) is 10.0 Å². The van der Waals surface area contributed by atoms with E-state index in [1.165, 1.54) is 12.1 Å². The van der Waals surface area contributed by atoms with E-state index in [0.29, 0.717) is 23.7 Å². The summed E-state index contributed by atoms with van der Waals surface area (Å²) in [5, 5.41) is 0. The number of rotatable bonds is 3. The van der Waals surface area contributed by atoms with Gasteiger partial charge in [0.05, 0.1) is 4.90 Å². The second-order valence-corrected chi connectivity index (χ2v) is 7.37. The van der Waals surface area contributed by atoms with E-state index < -0.39 is 10.0 Å². The van der Waals surface area contributed by atoms with Crippen LogP contribution in [0.15, 0.2) is 52.3 Å². The minimum atomic E-state index is -3.41.